The molecule has 0 spiro atoms. The standard InChI is InChI=1S/C29H34FN3O7S/c1-6-37-25(34)17-22-16-21(39-28(40-22)24-8-7-15-38-24)13-14-23-26(18(2)3)31-29(33(4)41(5,35)36)32-27(23)19-9-11-20(30)12-10-19/h7-15,18,21-22,28H,6,16-17H2,1-5H3/b14-13+/t21-,22-,28?/m1/s1. The highest BCUT2D eigenvalue weighted by atomic mass is 32.2. The molecule has 1 unspecified atom stereocenters. The minimum atomic E-state index is -3.64. The van der Waals surface area contributed by atoms with Crippen molar-refractivity contribution in [2.45, 2.75) is 58.0 Å². The van der Waals surface area contributed by atoms with Crippen LogP contribution in [0.4, 0.5) is 10.3 Å². The molecule has 3 atom stereocenters. The van der Waals surface area contributed by atoms with Crippen molar-refractivity contribution in [2.24, 2.45) is 0 Å². The number of aromatic nitrogens is 2. The van der Waals surface area contributed by atoms with Crippen molar-refractivity contribution < 1.29 is 36.2 Å². The molecule has 0 bridgehead atoms. The van der Waals surface area contributed by atoms with Gasteiger partial charge in [-0.2, -0.15) is 0 Å². The molecule has 0 aliphatic carbocycles. The van der Waals surface area contributed by atoms with E-state index in [2.05, 4.69) is 9.97 Å². The molecule has 0 amide bonds. The zero-order valence-corrected chi connectivity index (χ0v) is 24.4. The number of benzene rings is 1. The molecule has 1 aliphatic rings. The number of sulfonamides is 1. The fraction of sp³-hybridized carbons (Fsp3) is 0.414. The van der Waals surface area contributed by atoms with Crippen LogP contribution in [0.15, 0.2) is 53.2 Å². The summed E-state index contributed by atoms with van der Waals surface area (Å²) in [5, 5.41) is 0. The van der Waals surface area contributed by atoms with Crippen LogP contribution in [0.2, 0.25) is 0 Å². The van der Waals surface area contributed by atoms with E-state index in [4.69, 9.17) is 18.6 Å². The van der Waals surface area contributed by atoms with Gasteiger partial charge in [-0.05, 0) is 49.2 Å². The van der Waals surface area contributed by atoms with E-state index in [0.717, 1.165) is 10.6 Å². The van der Waals surface area contributed by atoms with E-state index < -0.39 is 34.3 Å². The second-order valence-corrected chi connectivity index (χ2v) is 12.0. The SMILES string of the molecule is CCOC(=O)C[C@H]1C[C@@H](/C=C/c2c(-c3ccc(F)cc3)nc(N(C)S(C)(=O)=O)nc2C(C)C)OC(c2ccco2)O1. The van der Waals surface area contributed by atoms with E-state index >= 15 is 0 Å². The van der Waals surface area contributed by atoms with E-state index in [1.807, 2.05) is 26.0 Å². The molecule has 3 heterocycles. The largest absolute Gasteiger partial charge is 0.466 e. The fourth-order valence-corrected chi connectivity index (χ4v) is 4.73. The van der Waals surface area contributed by atoms with E-state index in [1.54, 1.807) is 31.2 Å². The highest BCUT2D eigenvalue weighted by molar-refractivity contribution is 7.92. The number of furan rings is 1. The lowest BCUT2D eigenvalue weighted by molar-refractivity contribution is -0.245. The lowest BCUT2D eigenvalue weighted by Gasteiger charge is -2.33. The van der Waals surface area contributed by atoms with E-state index in [-0.39, 0.29) is 30.9 Å². The van der Waals surface area contributed by atoms with Crippen LogP contribution in [-0.2, 0) is 29.0 Å². The molecular weight excluding hydrogens is 553 g/mol. The zero-order chi connectivity index (χ0) is 29.7. The fourth-order valence-electron chi connectivity index (χ4n) is 4.36. The van der Waals surface area contributed by atoms with E-state index in [1.165, 1.54) is 25.4 Å². The zero-order valence-electron chi connectivity index (χ0n) is 23.6. The van der Waals surface area contributed by atoms with E-state index in [9.17, 15) is 17.6 Å². The van der Waals surface area contributed by atoms with Crippen molar-refractivity contribution in [3.63, 3.8) is 0 Å². The molecule has 3 aromatic rings. The van der Waals surface area contributed by atoms with Gasteiger partial charge in [-0.1, -0.05) is 26.0 Å². The Bertz CT molecular complexity index is 1470. The van der Waals surface area contributed by atoms with Gasteiger partial charge in [-0.3, -0.25) is 4.79 Å². The minimum absolute atomic E-state index is 0.00220. The first-order valence-corrected chi connectivity index (χ1v) is 15.1. The van der Waals surface area contributed by atoms with Crippen LogP contribution in [0.1, 0.15) is 62.8 Å². The summed E-state index contributed by atoms with van der Waals surface area (Å²) in [6.07, 6.45) is 4.82. The number of rotatable bonds is 10. The number of hydrogen-bond donors (Lipinski definition) is 0. The van der Waals surface area contributed by atoms with Gasteiger partial charge in [-0.25, -0.2) is 27.1 Å². The number of esters is 1. The lowest BCUT2D eigenvalue weighted by Crippen LogP contribution is -2.34. The average molecular weight is 588 g/mol. The van der Waals surface area contributed by atoms with Gasteiger partial charge in [-0.15, -0.1) is 0 Å². The topological polar surface area (TPSA) is 121 Å². The Balaban J connectivity index is 1.76. The van der Waals surface area contributed by atoms with Crippen LogP contribution in [-0.4, -0.2) is 56.5 Å². The highest BCUT2D eigenvalue weighted by Gasteiger charge is 2.33. The van der Waals surface area contributed by atoms with Crippen molar-refractivity contribution in [3.05, 3.63) is 71.6 Å². The molecule has 41 heavy (non-hydrogen) atoms. The molecule has 2 aromatic heterocycles. The number of hydrogen-bond acceptors (Lipinski definition) is 9. The quantitative estimate of drug-likeness (QED) is 0.293. The third-order valence-electron chi connectivity index (χ3n) is 6.47. The number of carbonyl (C=O) groups excluding carboxylic acids is 1. The second kappa shape index (κ2) is 12.9. The van der Waals surface area contributed by atoms with Crippen molar-refractivity contribution in [3.8, 4) is 11.3 Å². The molecule has 220 valence electrons. The number of halogens is 1. The summed E-state index contributed by atoms with van der Waals surface area (Å²) in [6.45, 7) is 5.88. The van der Waals surface area contributed by atoms with E-state index in [0.29, 0.717) is 34.7 Å². The second-order valence-electron chi connectivity index (χ2n) is 9.95. The third-order valence-corrected chi connectivity index (χ3v) is 7.63. The van der Waals surface area contributed by atoms with Gasteiger partial charge in [0.2, 0.25) is 22.3 Å². The predicted octanol–water partition coefficient (Wildman–Crippen LogP) is 5.23. The van der Waals surface area contributed by atoms with Gasteiger partial charge in [0.15, 0.2) is 5.76 Å². The normalized spacial score (nSPS) is 19.5. The number of nitrogens with zero attached hydrogens (tertiary/aromatic N) is 3. The van der Waals surface area contributed by atoms with Gasteiger partial charge in [0, 0.05) is 24.6 Å². The van der Waals surface area contributed by atoms with Crippen LogP contribution in [0.5, 0.6) is 0 Å². The van der Waals surface area contributed by atoms with Crippen LogP contribution in [0.25, 0.3) is 17.3 Å². The number of ether oxygens (including phenoxy) is 3. The molecule has 1 fully saturated rings. The van der Waals surface area contributed by atoms with Crippen molar-refractivity contribution in [1.82, 2.24) is 9.97 Å². The number of anilines is 1. The molecule has 0 radical (unpaired) electrons. The third kappa shape index (κ3) is 7.57. The highest BCUT2D eigenvalue weighted by Crippen LogP contribution is 2.35. The molecule has 1 aromatic carbocycles. The van der Waals surface area contributed by atoms with Crippen LogP contribution in [0.3, 0.4) is 0 Å². The summed E-state index contributed by atoms with van der Waals surface area (Å²) in [5.41, 5.74) is 2.24. The molecule has 1 aliphatic heterocycles. The molecule has 0 N–H and O–H groups in total. The maximum absolute atomic E-state index is 13.8. The summed E-state index contributed by atoms with van der Waals surface area (Å²) in [5.74, 6) is -0.443. The van der Waals surface area contributed by atoms with Crippen molar-refractivity contribution >= 4 is 28.0 Å². The van der Waals surface area contributed by atoms with Gasteiger partial charge >= 0.3 is 5.97 Å². The summed E-state index contributed by atoms with van der Waals surface area (Å²) in [4.78, 5) is 21.4. The first-order valence-electron chi connectivity index (χ1n) is 13.3. The Morgan fingerprint density at radius 1 is 1.20 bits per heavy atom. The Morgan fingerprint density at radius 3 is 2.54 bits per heavy atom. The molecular formula is C29H34FN3O7S. The van der Waals surface area contributed by atoms with Crippen molar-refractivity contribution in [1.29, 1.82) is 0 Å². The van der Waals surface area contributed by atoms with Gasteiger partial charge in [0.25, 0.3) is 0 Å². The number of carbonyl (C=O) groups is 1. The Kier molecular flexibility index (Phi) is 9.57. The molecule has 0 saturated carbocycles. The summed E-state index contributed by atoms with van der Waals surface area (Å²) >= 11 is 0. The smallest absolute Gasteiger partial charge is 0.308 e. The Hall–Kier alpha value is -3.61. The lowest BCUT2D eigenvalue weighted by atomic mass is 9.97. The average Bonchev–Trinajstić information content (AvgIpc) is 3.46. The first-order chi connectivity index (χ1) is 19.5. The van der Waals surface area contributed by atoms with Gasteiger partial charge in [0.05, 0.1) is 49.1 Å². The molecule has 10 nitrogen and oxygen atoms in total. The summed E-state index contributed by atoms with van der Waals surface area (Å²) < 4.78 is 62.2. The maximum atomic E-state index is 13.8. The van der Waals surface area contributed by atoms with Gasteiger partial charge < -0.3 is 18.6 Å². The molecule has 12 heteroatoms. The first kappa shape index (κ1) is 30.4. The van der Waals surface area contributed by atoms with Crippen LogP contribution in [0, 0.1) is 5.82 Å². The molecule has 4 rings (SSSR count). The van der Waals surface area contributed by atoms with Crippen LogP contribution < -0.4 is 4.31 Å². The predicted molar refractivity (Wildman–Crippen MR) is 151 cm³/mol. The van der Waals surface area contributed by atoms with Crippen molar-refractivity contribution in [2.75, 3.05) is 24.2 Å². The minimum Gasteiger partial charge on any atom is -0.466 e. The monoisotopic (exact) mass is 587 g/mol. The van der Waals surface area contributed by atoms with Crippen LogP contribution >= 0.6 is 0 Å². The summed E-state index contributed by atoms with van der Waals surface area (Å²) in [6, 6.07) is 9.24. The Morgan fingerprint density at radius 2 is 1.93 bits per heavy atom. The maximum Gasteiger partial charge on any atom is 0.308 e. The van der Waals surface area contributed by atoms with Gasteiger partial charge in [0.1, 0.15) is 5.82 Å². The molecule has 1 saturated heterocycles. The Labute approximate surface area is 239 Å². The summed E-state index contributed by atoms with van der Waals surface area (Å²) in [7, 11) is -2.26.